The molecule has 0 atom stereocenters. The van der Waals surface area contributed by atoms with E-state index in [0.29, 0.717) is 28.6 Å². The molecule has 1 amide bonds. The molecule has 0 aliphatic heterocycles. The highest BCUT2D eigenvalue weighted by atomic mass is 35.5. The largest absolute Gasteiger partial charge is 0.497 e. The quantitative estimate of drug-likeness (QED) is 0.575. The number of halogens is 1. The number of rotatable bonds is 7. The van der Waals surface area contributed by atoms with Gasteiger partial charge in [-0.2, -0.15) is 0 Å². The molecule has 0 radical (unpaired) electrons. The number of esters is 1. The Morgan fingerprint density at radius 3 is 2.48 bits per heavy atom. The highest BCUT2D eigenvalue weighted by Crippen LogP contribution is 2.24. The minimum atomic E-state index is -0.537. The molecule has 2 aromatic carbocycles. The summed E-state index contributed by atoms with van der Waals surface area (Å²) in [7, 11) is 2.79. The lowest BCUT2D eigenvalue weighted by atomic mass is 10.1. The van der Waals surface area contributed by atoms with E-state index >= 15 is 0 Å². The lowest BCUT2D eigenvalue weighted by Crippen LogP contribution is -2.15. The van der Waals surface area contributed by atoms with E-state index in [2.05, 4.69) is 5.32 Å². The summed E-state index contributed by atoms with van der Waals surface area (Å²) in [4.78, 5) is 25.1. The van der Waals surface area contributed by atoms with Crippen molar-refractivity contribution in [3.8, 4) is 5.75 Å². The normalized spacial score (nSPS) is 10.2. The van der Waals surface area contributed by atoms with E-state index in [4.69, 9.17) is 21.1 Å². The van der Waals surface area contributed by atoms with E-state index in [1.54, 1.807) is 23.9 Å². The second kappa shape index (κ2) is 9.34. The molecule has 0 bridgehead atoms. The number of anilines is 1. The van der Waals surface area contributed by atoms with Crippen molar-refractivity contribution in [2.45, 2.75) is 11.3 Å². The third-order valence-corrected chi connectivity index (χ3v) is 4.58. The van der Waals surface area contributed by atoms with Crippen LogP contribution in [-0.2, 0) is 9.53 Å². The summed E-state index contributed by atoms with van der Waals surface area (Å²) in [6, 6.07) is 12.3. The molecule has 0 saturated heterocycles. The first-order valence-electron chi connectivity index (χ1n) is 7.48. The number of carbonyl (C=O) groups is 2. The Hall–Kier alpha value is -2.18. The Morgan fingerprint density at radius 1 is 1.12 bits per heavy atom. The van der Waals surface area contributed by atoms with E-state index in [1.807, 2.05) is 24.3 Å². The fourth-order valence-corrected chi connectivity index (χ4v) is 3.02. The zero-order valence-electron chi connectivity index (χ0n) is 13.9. The van der Waals surface area contributed by atoms with Gasteiger partial charge in [0.2, 0.25) is 5.91 Å². The molecule has 2 aromatic rings. The Kier molecular flexibility index (Phi) is 7.16. The van der Waals surface area contributed by atoms with Gasteiger partial charge in [-0.1, -0.05) is 11.6 Å². The maximum atomic E-state index is 12.1. The number of benzene rings is 2. The second-order valence-electron chi connectivity index (χ2n) is 5.00. The van der Waals surface area contributed by atoms with Crippen LogP contribution in [0, 0.1) is 0 Å². The number of hydrogen-bond acceptors (Lipinski definition) is 5. The smallest absolute Gasteiger partial charge is 0.340 e. The average Bonchev–Trinajstić information content (AvgIpc) is 2.63. The van der Waals surface area contributed by atoms with Gasteiger partial charge in [-0.05, 0) is 42.5 Å². The molecule has 0 heterocycles. The predicted molar refractivity (Wildman–Crippen MR) is 99.8 cm³/mol. The molecule has 1 N–H and O–H groups in total. The van der Waals surface area contributed by atoms with Crippen molar-refractivity contribution in [2.24, 2.45) is 0 Å². The van der Waals surface area contributed by atoms with Crippen LogP contribution in [0.25, 0.3) is 0 Å². The molecule has 2 rings (SSSR count). The monoisotopic (exact) mass is 379 g/mol. The summed E-state index contributed by atoms with van der Waals surface area (Å²) < 4.78 is 9.84. The third kappa shape index (κ3) is 5.69. The maximum Gasteiger partial charge on any atom is 0.340 e. The van der Waals surface area contributed by atoms with Crippen LogP contribution in [0.2, 0.25) is 5.02 Å². The fraction of sp³-hybridized carbons (Fsp3) is 0.222. The van der Waals surface area contributed by atoms with Crippen LogP contribution in [-0.4, -0.2) is 31.8 Å². The number of carbonyl (C=O) groups excluding carboxylic acids is 2. The standard InChI is InChI=1S/C18H18ClNO4S/c1-23-13-5-8-16(15(11-13)18(22)24-2)20-17(21)9-10-25-14-6-3-12(19)4-7-14/h3-8,11H,9-10H2,1-2H3,(H,20,21). The molecule has 0 saturated carbocycles. The molecule has 132 valence electrons. The van der Waals surface area contributed by atoms with E-state index in [-0.39, 0.29) is 11.5 Å². The molecular formula is C18H18ClNO4S. The van der Waals surface area contributed by atoms with Crippen LogP contribution in [0.15, 0.2) is 47.4 Å². The molecule has 5 nitrogen and oxygen atoms in total. The Balaban J connectivity index is 1.95. The number of hydrogen-bond donors (Lipinski definition) is 1. The van der Waals surface area contributed by atoms with Crippen molar-refractivity contribution in [2.75, 3.05) is 25.3 Å². The summed E-state index contributed by atoms with van der Waals surface area (Å²) in [6.07, 6.45) is 0.305. The minimum absolute atomic E-state index is 0.184. The van der Waals surface area contributed by atoms with Crippen LogP contribution >= 0.6 is 23.4 Å². The van der Waals surface area contributed by atoms with E-state index in [9.17, 15) is 9.59 Å². The average molecular weight is 380 g/mol. The SMILES string of the molecule is COC(=O)c1cc(OC)ccc1NC(=O)CCSc1ccc(Cl)cc1. The van der Waals surface area contributed by atoms with Gasteiger partial charge in [0.15, 0.2) is 0 Å². The first kappa shape index (κ1) is 19.1. The van der Waals surface area contributed by atoms with Crippen LogP contribution in [0.3, 0.4) is 0 Å². The highest BCUT2D eigenvalue weighted by molar-refractivity contribution is 7.99. The highest BCUT2D eigenvalue weighted by Gasteiger charge is 2.15. The first-order chi connectivity index (χ1) is 12.0. The molecule has 0 unspecified atom stereocenters. The summed E-state index contributed by atoms with van der Waals surface area (Å²) in [5.74, 6) is 0.398. The Bertz CT molecular complexity index is 749. The summed E-state index contributed by atoms with van der Waals surface area (Å²) in [5.41, 5.74) is 0.648. The molecule has 0 spiro atoms. The molecule has 0 aromatic heterocycles. The van der Waals surface area contributed by atoms with Gasteiger partial charge in [-0.15, -0.1) is 11.8 Å². The molecular weight excluding hydrogens is 362 g/mol. The first-order valence-corrected chi connectivity index (χ1v) is 8.84. The molecule has 0 fully saturated rings. The van der Waals surface area contributed by atoms with Gasteiger partial charge in [0, 0.05) is 22.1 Å². The number of methoxy groups -OCH3 is 2. The number of amides is 1. The molecule has 7 heteroatoms. The van der Waals surface area contributed by atoms with Gasteiger partial charge < -0.3 is 14.8 Å². The maximum absolute atomic E-state index is 12.1. The number of thioether (sulfide) groups is 1. The molecule has 25 heavy (non-hydrogen) atoms. The second-order valence-corrected chi connectivity index (χ2v) is 6.61. The fourth-order valence-electron chi connectivity index (χ4n) is 2.04. The van der Waals surface area contributed by atoms with Crippen molar-refractivity contribution < 1.29 is 19.1 Å². The zero-order chi connectivity index (χ0) is 18.2. The van der Waals surface area contributed by atoms with Gasteiger partial charge in [-0.25, -0.2) is 4.79 Å². The van der Waals surface area contributed by atoms with Crippen molar-refractivity contribution in [1.29, 1.82) is 0 Å². The Labute approximate surface area is 155 Å². The lowest BCUT2D eigenvalue weighted by molar-refractivity contribution is -0.115. The van der Waals surface area contributed by atoms with Gasteiger partial charge in [0.1, 0.15) is 5.75 Å². The number of ether oxygens (including phenoxy) is 2. The van der Waals surface area contributed by atoms with E-state index in [1.165, 1.54) is 20.3 Å². The van der Waals surface area contributed by atoms with Crippen LogP contribution in [0.1, 0.15) is 16.8 Å². The van der Waals surface area contributed by atoms with Crippen LogP contribution in [0.5, 0.6) is 5.75 Å². The lowest BCUT2D eigenvalue weighted by Gasteiger charge is -2.11. The van der Waals surface area contributed by atoms with Crippen molar-refractivity contribution in [1.82, 2.24) is 0 Å². The summed E-state index contributed by atoms with van der Waals surface area (Å²) in [5, 5.41) is 3.42. The summed E-state index contributed by atoms with van der Waals surface area (Å²) in [6.45, 7) is 0. The zero-order valence-corrected chi connectivity index (χ0v) is 15.4. The third-order valence-electron chi connectivity index (χ3n) is 3.32. The molecule has 0 aliphatic carbocycles. The topological polar surface area (TPSA) is 64.6 Å². The molecule has 0 aliphatic rings. The van der Waals surface area contributed by atoms with E-state index < -0.39 is 5.97 Å². The predicted octanol–water partition coefficient (Wildman–Crippen LogP) is 4.26. The van der Waals surface area contributed by atoms with Crippen molar-refractivity contribution in [3.63, 3.8) is 0 Å². The van der Waals surface area contributed by atoms with Gasteiger partial charge in [-0.3, -0.25) is 4.79 Å². The summed E-state index contributed by atoms with van der Waals surface area (Å²) >= 11 is 7.40. The Morgan fingerprint density at radius 2 is 1.84 bits per heavy atom. The van der Waals surface area contributed by atoms with Crippen LogP contribution in [0.4, 0.5) is 5.69 Å². The van der Waals surface area contributed by atoms with Gasteiger partial charge in [0.05, 0.1) is 25.5 Å². The van der Waals surface area contributed by atoms with Crippen molar-refractivity contribution in [3.05, 3.63) is 53.1 Å². The van der Waals surface area contributed by atoms with Gasteiger partial charge in [0.25, 0.3) is 0 Å². The van der Waals surface area contributed by atoms with E-state index in [0.717, 1.165) is 4.90 Å². The van der Waals surface area contributed by atoms with Crippen molar-refractivity contribution >= 4 is 40.9 Å². The number of nitrogens with one attached hydrogen (secondary N) is 1. The van der Waals surface area contributed by atoms with Gasteiger partial charge >= 0.3 is 5.97 Å². The minimum Gasteiger partial charge on any atom is -0.497 e. The van der Waals surface area contributed by atoms with Crippen LogP contribution < -0.4 is 10.1 Å².